The molecule has 0 aliphatic rings. The molecule has 0 atom stereocenters. The molecule has 0 saturated carbocycles. The Morgan fingerprint density at radius 1 is 0.179 bits per heavy atom. The van der Waals surface area contributed by atoms with Gasteiger partial charge in [0.25, 0.3) is 0 Å². The lowest BCUT2D eigenvalue weighted by molar-refractivity contribution is 0.633. The fraction of sp³-hybridized carbons (Fsp3) is 0. The smallest absolute Gasteiger partial charge is 0.144 e. The minimum absolute atomic E-state index is 0.792. The highest BCUT2D eigenvalue weighted by molar-refractivity contribution is 6.29. The lowest BCUT2D eigenvalue weighted by atomic mass is 9.86. The van der Waals surface area contributed by atoms with Crippen molar-refractivity contribution in [1.29, 1.82) is 0 Å². The Morgan fingerprint density at radius 2 is 0.524 bits per heavy atom. The second-order valence-electron chi connectivity index (χ2n) is 21.8. The molecular formula is C82H52O2. The van der Waals surface area contributed by atoms with E-state index in [1.807, 2.05) is 0 Å². The Labute approximate surface area is 487 Å². The molecule has 0 fully saturated rings. The zero-order chi connectivity index (χ0) is 55.5. The minimum Gasteiger partial charge on any atom is -0.455 e. The number of hydrogen-bond acceptors (Lipinski definition) is 2. The Balaban J connectivity index is 1.04. The van der Waals surface area contributed by atoms with Gasteiger partial charge >= 0.3 is 0 Å². The van der Waals surface area contributed by atoms with Crippen LogP contribution in [-0.4, -0.2) is 0 Å². The Morgan fingerprint density at radius 3 is 1.04 bits per heavy atom. The molecule has 392 valence electrons. The van der Waals surface area contributed by atoms with Crippen molar-refractivity contribution < 1.29 is 8.83 Å². The molecule has 2 heteroatoms. The first kappa shape index (κ1) is 48.8. The van der Waals surface area contributed by atoms with Crippen molar-refractivity contribution in [3.8, 4) is 112 Å². The lowest BCUT2D eigenvalue weighted by Crippen LogP contribution is -1.90. The number of fused-ring (bicyclic) bond motifs is 7. The van der Waals surface area contributed by atoms with Gasteiger partial charge in [-0.25, -0.2) is 0 Å². The maximum Gasteiger partial charge on any atom is 0.144 e. The van der Waals surface area contributed by atoms with Crippen molar-refractivity contribution in [2.75, 3.05) is 0 Å². The van der Waals surface area contributed by atoms with Crippen molar-refractivity contribution in [1.82, 2.24) is 0 Å². The zero-order valence-corrected chi connectivity index (χ0v) is 45.8. The molecule has 2 aromatic heterocycles. The van der Waals surface area contributed by atoms with Crippen molar-refractivity contribution in [3.05, 3.63) is 315 Å². The molecule has 16 aromatic rings. The molecule has 0 bridgehead atoms. The molecule has 84 heavy (non-hydrogen) atoms. The summed E-state index contributed by atoms with van der Waals surface area (Å²) >= 11 is 0. The van der Waals surface area contributed by atoms with Gasteiger partial charge in [0, 0.05) is 43.8 Å². The largest absolute Gasteiger partial charge is 0.455 e. The summed E-state index contributed by atoms with van der Waals surface area (Å²) in [5.41, 5.74) is 21.2. The van der Waals surface area contributed by atoms with Gasteiger partial charge in [0.2, 0.25) is 0 Å². The van der Waals surface area contributed by atoms with E-state index in [2.05, 4.69) is 315 Å². The van der Waals surface area contributed by atoms with Crippen molar-refractivity contribution in [2.24, 2.45) is 0 Å². The van der Waals surface area contributed by atoms with Crippen LogP contribution in [0.3, 0.4) is 0 Å². The van der Waals surface area contributed by atoms with Crippen LogP contribution in [0.1, 0.15) is 0 Å². The maximum atomic E-state index is 7.73. The molecule has 0 spiro atoms. The van der Waals surface area contributed by atoms with Gasteiger partial charge < -0.3 is 8.83 Å². The molecule has 2 heterocycles. The van der Waals surface area contributed by atoms with E-state index in [-0.39, 0.29) is 0 Å². The zero-order valence-electron chi connectivity index (χ0n) is 45.8. The number of benzene rings is 14. The van der Waals surface area contributed by atoms with Crippen molar-refractivity contribution >= 4 is 54.3 Å². The van der Waals surface area contributed by atoms with E-state index in [1.165, 1.54) is 32.7 Å². The third kappa shape index (κ3) is 8.51. The average Bonchev–Trinajstić information content (AvgIpc) is 1.61. The third-order valence-electron chi connectivity index (χ3n) is 16.9. The molecule has 0 saturated heterocycles. The lowest BCUT2D eigenvalue weighted by Gasteiger charge is -2.15. The van der Waals surface area contributed by atoms with E-state index in [1.54, 1.807) is 0 Å². The van der Waals surface area contributed by atoms with Gasteiger partial charge in [0.15, 0.2) is 0 Å². The van der Waals surface area contributed by atoms with Crippen molar-refractivity contribution in [3.63, 3.8) is 0 Å². The van der Waals surface area contributed by atoms with E-state index in [0.717, 1.165) is 133 Å². The quantitative estimate of drug-likeness (QED) is 0.136. The second-order valence-corrected chi connectivity index (χ2v) is 21.8. The summed E-state index contributed by atoms with van der Waals surface area (Å²) < 4.78 is 15.5. The molecule has 0 radical (unpaired) electrons. The Hall–Kier alpha value is -11.1. The normalized spacial score (nSPS) is 11.6. The van der Waals surface area contributed by atoms with E-state index in [0.29, 0.717) is 0 Å². The predicted octanol–water partition coefficient (Wildman–Crippen LogP) is 23.3. The highest BCUT2D eigenvalue weighted by atomic mass is 16.3. The molecule has 0 aliphatic carbocycles. The van der Waals surface area contributed by atoms with Gasteiger partial charge in [-0.3, -0.25) is 0 Å². The monoisotopic (exact) mass is 1070 g/mol. The molecule has 0 aliphatic heterocycles. The number of rotatable bonds is 10. The summed E-state index contributed by atoms with van der Waals surface area (Å²) in [6.45, 7) is 0. The highest BCUT2D eigenvalue weighted by Crippen LogP contribution is 2.54. The van der Waals surface area contributed by atoms with Crippen LogP contribution in [0.2, 0.25) is 0 Å². The fourth-order valence-electron chi connectivity index (χ4n) is 12.8. The first-order valence-corrected chi connectivity index (χ1v) is 28.8. The topological polar surface area (TPSA) is 26.3 Å². The molecule has 0 unspecified atom stereocenters. The molecular weight excluding hydrogens is 1020 g/mol. The van der Waals surface area contributed by atoms with Crippen LogP contribution in [0.25, 0.3) is 166 Å². The highest BCUT2D eigenvalue weighted by Gasteiger charge is 2.29. The van der Waals surface area contributed by atoms with Crippen LogP contribution in [0.5, 0.6) is 0 Å². The SMILES string of the molecule is c1ccc(-c2cccc(-c3oc4c(cc(-c5ccc(-c6cccc7ccccc67)cc5)c5c6oc(-c7cccc(-c8ccccc8)c7)c(-c7ccccc7)c6cc(-c6ccc(-c7ccc8ccccc8c7)cc6)c45)c3-c3ccccc3)c2)cc1. The van der Waals surface area contributed by atoms with Crippen LogP contribution in [0.15, 0.2) is 324 Å². The average molecular weight is 1070 g/mol. The third-order valence-corrected chi connectivity index (χ3v) is 16.9. The summed E-state index contributed by atoms with van der Waals surface area (Å²) in [4.78, 5) is 0. The molecule has 0 N–H and O–H groups in total. The molecule has 0 amide bonds. The first-order valence-electron chi connectivity index (χ1n) is 28.8. The number of hydrogen-bond donors (Lipinski definition) is 0. The summed E-state index contributed by atoms with van der Waals surface area (Å²) in [5, 5.41) is 8.86. The van der Waals surface area contributed by atoms with Crippen LogP contribution in [-0.2, 0) is 0 Å². The Kier molecular flexibility index (Phi) is 11.9. The van der Waals surface area contributed by atoms with Crippen LogP contribution in [0, 0.1) is 0 Å². The molecule has 16 rings (SSSR count). The maximum absolute atomic E-state index is 7.73. The summed E-state index contributed by atoms with van der Waals surface area (Å²) in [5.74, 6) is 1.61. The molecule has 14 aromatic carbocycles. The summed E-state index contributed by atoms with van der Waals surface area (Å²) in [7, 11) is 0. The van der Waals surface area contributed by atoms with Gasteiger partial charge in [-0.15, -0.1) is 0 Å². The van der Waals surface area contributed by atoms with E-state index < -0.39 is 0 Å². The van der Waals surface area contributed by atoms with Crippen LogP contribution >= 0.6 is 0 Å². The minimum atomic E-state index is 0.792. The first-order chi connectivity index (χ1) is 41.6. The van der Waals surface area contributed by atoms with E-state index in [4.69, 9.17) is 8.83 Å². The van der Waals surface area contributed by atoms with Gasteiger partial charge in [0.1, 0.15) is 22.7 Å². The molecule has 2 nitrogen and oxygen atoms in total. The Bertz CT molecular complexity index is 5040. The standard InChI is InChI=1S/C82H52O2/c1-5-20-53(21-6-1)64-32-17-34-67(49-64)79-75(61-26-9-3-10-27-61)73-51-71(59-41-38-56(39-42-59)66-47-40-55-24-13-14-30-63(55)48-66)77-78(82(73)84-79)72(60-45-43-58(44-46-60)70-37-19-31-57-25-15-16-36-69(57)70)52-74-76(62-28-11-4-12-29-62)80(83-81(74)77)68-35-18-33-65(50-68)54-22-7-2-8-23-54/h1-52H. The van der Waals surface area contributed by atoms with E-state index >= 15 is 0 Å². The van der Waals surface area contributed by atoms with Crippen LogP contribution in [0.4, 0.5) is 0 Å². The fourth-order valence-corrected chi connectivity index (χ4v) is 12.8. The van der Waals surface area contributed by atoms with Gasteiger partial charge in [-0.1, -0.05) is 285 Å². The number of furan rings is 2. The predicted molar refractivity (Wildman–Crippen MR) is 353 cm³/mol. The second kappa shape index (κ2) is 20.5. The van der Waals surface area contributed by atoms with E-state index in [9.17, 15) is 0 Å². The van der Waals surface area contributed by atoms with Gasteiger partial charge in [-0.2, -0.15) is 0 Å². The summed E-state index contributed by atoms with van der Waals surface area (Å²) in [6.07, 6.45) is 0. The van der Waals surface area contributed by atoms with Crippen LogP contribution < -0.4 is 0 Å². The van der Waals surface area contributed by atoms with Gasteiger partial charge in [-0.05, 0) is 130 Å². The summed E-state index contributed by atoms with van der Waals surface area (Å²) in [6, 6.07) is 114. The van der Waals surface area contributed by atoms with Crippen molar-refractivity contribution in [2.45, 2.75) is 0 Å². The van der Waals surface area contributed by atoms with Gasteiger partial charge in [0.05, 0.1) is 0 Å².